The third-order valence-corrected chi connectivity index (χ3v) is 4.34. The van der Waals surface area contributed by atoms with Gasteiger partial charge in [-0.2, -0.15) is 0 Å². The molecule has 1 heterocycles. The van der Waals surface area contributed by atoms with Gasteiger partial charge in [-0.3, -0.25) is 14.5 Å². The summed E-state index contributed by atoms with van der Waals surface area (Å²) in [5, 5.41) is 2.84. The lowest BCUT2D eigenvalue weighted by molar-refractivity contribution is -0.133. The van der Waals surface area contributed by atoms with Crippen LogP contribution in [0.2, 0.25) is 0 Å². The Labute approximate surface area is 155 Å². The minimum Gasteiger partial charge on any atom is -0.497 e. The van der Waals surface area contributed by atoms with E-state index in [-0.39, 0.29) is 30.9 Å². The first-order valence-corrected chi connectivity index (χ1v) is 9.03. The fraction of sp³-hybridized carbons (Fsp3) is 0.579. The summed E-state index contributed by atoms with van der Waals surface area (Å²) in [4.78, 5) is 30.1. The van der Waals surface area contributed by atoms with Crippen LogP contribution in [0, 0.1) is 0 Å². The van der Waals surface area contributed by atoms with Gasteiger partial charge in [-0.15, -0.1) is 0 Å². The predicted molar refractivity (Wildman–Crippen MR) is 103 cm³/mol. The van der Waals surface area contributed by atoms with Crippen molar-refractivity contribution in [3.05, 3.63) is 24.3 Å². The molecule has 1 N–H and O–H groups in total. The Balaban J connectivity index is 1.77. The standard InChI is InChI=1S/C19H30N4O3/c1-15(2)20-18(24)13-21(3)14-19(25)23-11-9-22(10-12-23)16-5-7-17(26-4)8-6-16/h5-8,15H,9-14H2,1-4H3,(H,20,24). The predicted octanol–water partition coefficient (Wildman–Crippen LogP) is 0.800. The molecule has 7 heteroatoms. The van der Waals surface area contributed by atoms with Crippen LogP contribution in [0.15, 0.2) is 24.3 Å². The second kappa shape index (κ2) is 9.43. The Morgan fingerprint density at radius 3 is 2.27 bits per heavy atom. The smallest absolute Gasteiger partial charge is 0.236 e. The van der Waals surface area contributed by atoms with Crippen LogP contribution in [0.5, 0.6) is 5.75 Å². The number of hydrogen-bond donors (Lipinski definition) is 1. The molecule has 1 aromatic rings. The second-order valence-electron chi connectivity index (χ2n) is 6.96. The summed E-state index contributed by atoms with van der Waals surface area (Å²) < 4.78 is 5.19. The van der Waals surface area contributed by atoms with E-state index in [1.807, 2.05) is 43.0 Å². The largest absolute Gasteiger partial charge is 0.497 e. The third-order valence-electron chi connectivity index (χ3n) is 4.34. The van der Waals surface area contributed by atoms with Crippen LogP contribution in [-0.2, 0) is 9.59 Å². The van der Waals surface area contributed by atoms with Gasteiger partial charge in [0, 0.05) is 37.9 Å². The van der Waals surface area contributed by atoms with E-state index in [2.05, 4.69) is 10.2 Å². The molecule has 1 saturated heterocycles. The van der Waals surface area contributed by atoms with Crippen LogP contribution in [0.4, 0.5) is 5.69 Å². The quantitative estimate of drug-likeness (QED) is 0.777. The topological polar surface area (TPSA) is 65.1 Å². The summed E-state index contributed by atoms with van der Waals surface area (Å²) in [6.45, 7) is 7.32. The molecule has 0 aromatic heterocycles. The fourth-order valence-corrected chi connectivity index (χ4v) is 3.01. The molecule has 0 spiro atoms. The van der Waals surface area contributed by atoms with Crippen molar-refractivity contribution in [2.45, 2.75) is 19.9 Å². The molecular formula is C19H30N4O3. The van der Waals surface area contributed by atoms with E-state index in [9.17, 15) is 9.59 Å². The minimum atomic E-state index is -0.0559. The van der Waals surface area contributed by atoms with E-state index < -0.39 is 0 Å². The van der Waals surface area contributed by atoms with Crippen molar-refractivity contribution in [1.29, 1.82) is 0 Å². The maximum atomic E-state index is 12.5. The average molecular weight is 362 g/mol. The normalized spacial score (nSPS) is 14.7. The first-order chi connectivity index (χ1) is 12.4. The Morgan fingerprint density at radius 1 is 1.12 bits per heavy atom. The monoisotopic (exact) mass is 362 g/mol. The highest BCUT2D eigenvalue weighted by atomic mass is 16.5. The molecule has 0 radical (unpaired) electrons. The zero-order valence-electron chi connectivity index (χ0n) is 16.2. The maximum Gasteiger partial charge on any atom is 0.236 e. The number of nitrogens with one attached hydrogen (secondary N) is 1. The van der Waals surface area contributed by atoms with Crippen LogP contribution in [-0.4, -0.2) is 81.1 Å². The number of likely N-dealkylation sites (N-methyl/N-ethyl adjacent to an activating group) is 1. The lowest BCUT2D eigenvalue weighted by atomic mass is 10.2. The SMILES string of the molecule is COc1ccc(N2CCN(C(=O)CN(C)CC(=O)NC(C)C)CC2)cc1. The zero-order chi connectivity index (χ0) is 19.1. The summed E-state index contributed by atoms with van der Waals surface area (Å²) in [6, 6.07) is 8.08. The van der Waals surface area contributed by atoms with Gasteiger partial charge in [0.05, 0.1) is 20.2 Å². The molecule has 144 valence electrons. The van der Waals surface area contributed by atoms with Gasteiger partial charge < -0.3 is 19.9 Å². The number of methoxy groups -OCH3 is 1. The molecule has 0 unspecified atom stereocenters. The Kier molecular flexibility index (Phi) is 7.26. The van der Waals surface area contributed by atoms with Crippen LogP contribution in [0.25, 0.3) is 0 Å². The summed E-state index contributed by atoms with van der Waals surface area (Å²) in [6.07, 6.45) is 0. The Morgan fingerprint density at radius 2 is 1.73 bits per heavy atom. The number of carbonyl (C=O) groups excluding carboxylic acids is 2. The maximum absolute atomic E-state index is 12.5. The molecule has 0 bridgehead atoms. The number of carbonyl (C=O) groups is 2. The van der Waals surface area contributed by atoms with Crippen molar-refractivity contribution in [3.8, 4) is 5.75 Å². The van der Waals surface area contributed by atoms with E-state index in [1.165, 1.54) is 0 Å². The van der Waals surface area contributed by atoms with Gasteiger partial charge in [-0.1, -0.05) is 0 Å². The molecule has 0 saturated carbocycles. The molecule has 2 amide bonds. The molecule has 0 aliphatic carbocycles. The molecule has 26 heavy (non-hydrogen) atoms. The van der Waals surface area contributed by atoms with E-state index >= 15 is 0 Å². The number of ether oxygens (including phenoxy) is 1. The van der Waals surface area contributed by atoms with Gasteiger partial charge >= 0.3 is 0 Å². The van der Waals surface area contributed by atoms with Gasteiger partial charge in [0.2, 0.25) is 11.8 Å². The van der Waals surface area contributed by atoms with Crippen molar-refractivity contribution in [3.63, 3.8) is 0 Å². The zero-order valence-corrected chi connectivity index (χ0v) is 16.2. The van der Waals surface area contributed by atoms with Gasteiger partial charge in [-0.05, 0) is 45.2 Å². The van der Waals surface area contributed by atoms with Crippen LogP contribution in [0.3, 0.4) is 0 Å². The lowest BCUT2D eigenvalue weighted by Gasteiger charge is -2.36. The number of piperazine rings is 1. The first-order valence-electron chi connectivity index (χ1n) is 9.03. The van der Waals surface area contributed by atoms with Crippen molar-refractivity contribution < 1.29 is 14.3 Å². The van der Waals surface area contributed by atoms with E-state index in [0.29, 0.717) is 13.1 Å². The molecule has 0 atom stereocenters. The Bertz CT molecular complexity index is 595. The van der Waals surface area contributed by atoms with E-state index in [4.69, 9.17) is 4.74 Å². The molecule has 1 fully saturated rings. The van der Waals surface area contributed by atoms with Gasteiger partial charge in [0.1, 0.15) is 5.75 Å². The second-order valence-corrected chi connectivity index (χ2v) is 6.96. The molecule has 1 aliphatic heterocycles. The van der Waals surface area contributed by atoms with E-state index in [1.54, 1.807) is 19.1 Å². The number of benzene rings is 1. The average Bonchev–Trinajstić information content (AvgIpc) is 2.61. The highest BCUT2D eigenvalue weighted by molar-refractivity contribution is 5.81. The summed E-state index contributed by atoms with van der Waals surface area (Å²) >= 11 is 0. The van der Waals surface area contributed by atoms with Crippen LogP contribution in [0.1, 0.15) is 13.8 Å². The number of amides is 2. The van der Waals surface area contributed by atoms with Crippen molar-refractivity contribution in [2.24, 2.45) is 0 Å². The van der Waals surface area contributed by atoms with Gasteiger partial charge in [0.15, 0.2) is 0 Å². The van der Waals surface area contributed by atoms with Gasteiger partial charge in [0.25, 0.3) is 0 Å². The lowest BCUT2D eigenvalue weighted by Crippen LogP contribution is -2.51. The molecular weight excluding hydrogens is 332 g/mol. The molecule has 2 rings (SSSR count). The van der Waals surface area contributed by atoms with Crippen molar-refractivity contribution in [1.82, 2.24) is 15.1 Å². The molecule has 1 aliphatic rings. The molecule has 7 nitrogen and oxygen atoms in total. The van der Waals surface area contributed by atoms with Gasteiger partial charge in [-0.25, -0.2) is 0 Å². The number of hydrogen-bond acceptors (Lipinski definition) is 5. The molecule has 1 aromatic carbocycles. The number of nitrogens with zero attached hydrogens (tertiary/aromatic N) is 3. The van der Waals surface area contributed by atoms with Crippen molar-refractivity contribution in [2.75, 3.05) is 58.3 Å². The number of rotatable bonds is 7. The minimum absolute atomic E-state index is 0.0559. The Hall–Kier alpha value is -2.28. The highest BCUT2D eigenvalue weighted by Crippen LogP contribution is 2.20. The first kappa shape index (κ1) is 20.0. The third kappa shape index (κ3) is 5.91. The summed E-state index contributed by atoms with van der Waals surface area (Å²) in [5.74, 6) is 0.853. The van der Waals surface area contributed by atoms with E-state index in [0.717, 1.165) is 24.5 Å². The number of anilines is 1. The van der Waals surface area contributed by atoms with Crippen molar-refractivity contribution >= 4 is 17.5 Å². The summed E-state index contributed by atoms with van der Waals surface area (Å²) in [7, 11) is 3.45. The summed E-state index contributed by atoms with van der Waals surface area (Å²) in [5.41, 5.74) is 1.14. The highest BCUT2D eigenvalue weighted by Gasteiger charge is 2.22. The van der Waals surface area contributed by atoms with Crippen LogP contribution < -0.4 is 15.0 Å². The fourth-order valence-electron chi connectivity index (χ4n) is 3.01. The van der Waals surface area contributed by atoms with Crippen LogP contribution >= 0.6 is 0 Å².